The monoisotopic (exact) mass is 703 g/mol. The normalized spacial score (nSPS) is 14.7. The average Bonchev–Trinajstić information content (AvgIpc) is 3.02. The minimum atomic E-state index is -4.07. The lowest BCUT2D eigenvalue weighted by Gasteiger charge is -2.26. The van der Waals surface area contributed by atoms with E-state index in [1.165, 1.54) is 128 Å². The first-order chi connectivity index (χ1) is 23.0. The van der Waals surface area contributed by atoms with Gasteiger partial charge in [0.1, 0.15) is 13.2 Å². The Kier molecular flexibility index (Phi) is 31.7. The zero-order valence-electron chi connectivity index (χ0n) is 32.3. The minimum absolute atomic E-state index is 0.0630. The van der Waals surface area contributed by atoms with E-state index in [1.54, 1.807) is 6.08 Å². The molecule has 0 aromatic carbocycles. The van der Waals surface area contributed by atoms with Crippen LogP contribution in [0.5, 0.6) is 0 Å². The lowest BCUT2D eigenvalue weighted by Crippen LogP contribution is -2.48. The van der Waals surface area contributed by atoms with Crippen molar-refractivity contribution in [2.45, 2.75) is 193 Å². The van der Waals surface area contributed by atoms with Gasteiger partial charge in [0.05, 0.1) is 33.3 Å². The molecule has 0 rings (SSSR count). The third kappa shape index (κ3) is 33.7. The summed E-state index contributed by atoms with van der Waals surface area (Å²) in [6.45, 7) is 5.16. The number of nitrogens with one attached hydrogen (secondary N) is 2. The van der Waals surface area contributed by atoms with Crippen LogP contribution in [-0.2, 0) is 13.9 Å². The van der Waals surface area contributed by atoms with Gasteiger partial charge >= 0.3 is 7.75 Å². The highest BCUT2D eigenvalue weighted by atomic mass is 31.2. The summed E-state index contributed by atoms with van der Waals surface area (Å²) in [7, 11) is 1.89. The molecule has 9 heteroatoms. The number of amides is 1. The number of carbonyl (C=O) groups excluding carboxylic acids is 1. The van der Waals surface area contributed by atoms with Crippen molar-refractivity contribution in [1.29, 1.82) is 0 Å². The van der Waals surface area contributed by atoms with Gasteiger partial charge in [-0.3, -0.25) is 9.32 Å². The number of likely N-dealkylation sites (N-methyl/N-ethyl adjacent to an activating group) is 1. The van der Waals surface area contributed by atoms with Gasteiger partial charge in [-0.25, -0.2) is 9.65 Å². The van der Waals surface area contributed by atoms with Crippen LogP contribution in [0.4, 0.5) is 0 Å². The molecular weight excluding hydrogens is 621 g/mol. The van der Waals surface area contributed by atoms with Gasteiger partial charge < -0.3 is 19.8 Å². The largest absolute Gasteiger partial charge is 0.403 e. The quantitative estimate of drug-likeness (QED) is 0.0224. The summed E-state index contributed by atoms with van der Waals surface area (Å²) < 4.78 is 18.5. The zero-order chi connectivity index (χ0) is 35.8. The summed E-state index contributed by atoms with van der Waals surface area (Å²) in [4.78, 5) is 23.1. The van der Waals surface area contributed by atoms with Crippen molar-refractivity contribution in [3.05, 3.63) is 12.2 Å². The van der Waals surface area contributed by atoms with E-state index >= 15 is 0 Å². The van der Waals surface area contributed by atoms with Crippen molar-refractivity contribution in [1.82, 2.24) is 10.4 Å². The maximum Gasteiger partial charge on any atom is 0.403 e. The van der Waals surface area contributed by atoms with Crippen molar-refractivity contribution in [3.63, 3.8) is 0 Å². The van der Waals surface area contributed by atoms with E-state index in [0.29, 0.717) is 17.4 Å². The van der Waals surface area contributed by atoms with Gasteiger partial charge in [0.25, 0.3) is 0 Å². The van der Waals surface area contributed by atoms with Crippen LogP contribution in [0.1, 0.15) is 181 Å². The van der Waals surface area contributed by atoms with Crippen LogP contribution in [0.3, 0.4) is 0 Å². The molecule has 0 radical (unpaired) electrons. The minimum Gasteiger partial charge on any atom is -0.387 e. The molecule has 0 fully saturated rings. The zero-order valence-corrected chi connectivity index (χ0v) is 33.2. The maximum atomic E-state index is 12.8. The highest BCUT2D eigenvalue weighted by Gasteiger charge is 2.26. The second kappa shape index (κ2) is 32.2. The molecule has 0 aliphatic rings. The molecule has 0 saturated heterocycles. The number of carbonyl (C=O) groups is 1. The summed E-state index contributed by atoms with van der Waals surface area (Å²) in [5, 5.41) is 16.4. The number of aliphatic hydroxyl groups is 1. The van der Waals surface area contributed by atoms with Gasteiger partial charge in [0.2, 0.25) is 5.91 Å². The van der Waals surface area contributed by atoms with E-state index in [2.05, 4.69) is 24.3 Å². The van der Waals surface area contributed by atoms with Crippen molar-refractivity contribution in [2.24, 2.45) is 0 Å². The fraction of sp³-hybridized carbons (Fsp3) is 0.923. The summed E-state index contributed by atoms with van der Waals surface area (Å²) in [5.74, 6) is -0.138. The summed E-state index contributed by atoms with van der Waals surface area (Å²) >= 11 is 0. The fourth-order valence-corrected chi connectivity index (χ4v) is 6.68. The third-order valence-corrected chi connectivity index (χ3v) is 10.2. The molecule has 286 valence electrons. The molecule has 8 nitrogen and oxygen atoms in total. The Hall–Kier alpha value is -0.760. The second-order valence-electron chi connectivity index (χ2n) is 15.1. The van der Waals surface area contributed by atoms with Crippen LogP contribution < -0.4 is 10.4 Å². The first-order valence-electron chi connectivity index (χ1n) is 20.2. The molecule has 0 bridgehead atoms. The van der Waals surface area contributed by atoms with Crippen LogP contribution in [0.2, 0.25) is 0 Å². The Morgan fingerprint density at radius 3 is 1.56 bits per heavy atom. The van der Waals surface area contributed by atoms with Gasteiger partial charge in [0, 0.05) is 13.0 Å². The van der Waals surface area contributed by atoms with Crippen LogP contribution in [0.15, 0.2) is 12.2 Å². The molecule has 3 atom stereocenters. The molecule has 0 heterocycles. The van der Waals surface area contributed by atoms with E-state index < -0.39 is 19.9 Å². The van der Waals surface area contributed by atoms with Gasteiger partial charge in [0.15, 0.2) is 0 Å². The van der Waals surface area contributed by atoms with Gasteiger partial charge in [-0.2, -0.15) is 0 Å². The lowest BCUT2D eigenvalue weighted by atomic mass is 10.0. The van der Waals surface area contributed by atoms with E-state index in [-0.39, 0.29) is 19.1 Å². The molecule has 0 aliphatic carbocycles. The molecule has 4 N–H and O–H groups in total. The molecule has 0 saturated carbocycles. The predicted octanol–water partition coefficient (Wildman–Crippen LogP) is 9.98. The highest BCUT2D eigenvalue weighted by molar-refractivity contribution is 7.50. The first kappa shape index (κ1) is 47.2. The van der Waals surface area contributed by atoms with Gasteiger partial charge in [-0.15, -0.1) is 0 Å². The standard InChI is InChI=1S/C39H80N3O5P/c1-6-8-10-12-14-16-18-20-22-24-26-28-30-32-38(43)37(36-40-48(45,46)47-35-34-42(3,4)5)41-39(44)33-31-29-27-25-23-21-19-17-15-13-11-9-7-2/h30,32,37-38,43H,6-29,31,33-36H2,1-5H3,(H2-,40,41,44,45,46)/p+1/b32-30+/t37-,38+/m0/s1. The van der Waals surface area contributed by atoms with E-state index in [0.717, 1.165) is 32.1 Å². The Labute approximate surface area is 297 Å². The van der Waals surface area contributed by atoms with Crippen molar-refractivity contribution < 1.29 is 28.4 Å². The Balaban J connectivity index is 4.50. The summed E-state index contributed by atoms with van der Waals surface area (Å²) in [5.41, 5.74) is 0. The number of hydrogen-bond acceptors (Lipinski definition) is 4. The van der Waals surface area contributed by atoms with Crippen LogP contribution in [0, 0.1) is 0 Å². The summed E-state index contributed by atoms with van der Waals surface area (Å²) in [6, 6.07) is -0.726. The average molecular weight is 703 g/mol. The Bertz CT molecular complexity index is 805. The lowest BCUT2D eigenvalue weighted by molar-refractivity contribution is -0.870. The predicted molar refractivity (Wildman–Crippen MR) is 205 cm³/mol. The number of nitrogens with zero attached hydrogens (tertiary/aromatic N) is 1. The first-order valence-corrected chi connectivity index (χ1v) is 21.8. The molecule has 1 amide bonds. The number of unbranched alkanes of at least 4 members (excludes halogenated alkanes) is 23. The maximum absolute atomic E-state index is 12.8. The number of rotatable bonds is 36. The van der Waals surface area contributed by atoms with E-state index in [1.807, 2.05) is 27.2 Å². The van der Waals surface area contributed by atoms with Crippen molar-refractivity contribution >= 4 is 13.7 Å². The molecule has 48 heavy (non-hydrogen) atoms. The SMILES string of the molecule is CCCCCCCCCCCCC/C=C/[C@@H](O)[C@H](CNP(=O)(O)OCC[N+](C)(C)C)NC(=O)CCCCCCCCCCCCCCC. The number of aliphatic hydroxyl groups excluding tert-OH is 1. The van der Waals surface area contributed by atoms with E-state index in [4.69, 9.17) is 4.52 Å². The molecular formula is C39H81N3O5P+. The smallest absolute Gasteiger partial charge is 0.387 e. The van der Waals surface area contributed by atoms with Gasteiger partial charge in [-0.1, -0.05) is 167 Å². The van der Waals surface area contributed by atoms with Crippen molar-refractivity contribution in [2.75, 3.05) is 40.8 Å². The number of hydrogen-bond donors (Lipinski definition) is 4. The van der Waals surface area contributed by atoms with Gasteiger partial charge in [-0.05, 0) is 19.3 Å². The van der Waals surface area contributed by atoms with Crippen LogP contribution in [-0.4, -0.2) is 73.4 Å². The molecule has 0 aliphatic heterocycles. The Morgan fingerprint density at radius 1 is 0.708 bits per heavy atom. The Morgan fingerprint density at radius 2 is 1.12 bits per heavy atom. The van der Waals surface area contributed by atoms with Crippen LogP contribution >= 0.6 is 7.75 Å². The topological polar surface area (TPSA) is 108 Å². The summed E-state index contributed by atoms with van der Waals surface area (Å²) in [6.07, 6.45) is 34.4. The van der Waals surface area contributed by atoms with Crippen molar-refractivity contribution in [3.8, 4) is 0 Å². The van der Waals surface area contributed by atoms with E-state index in [9.17, 15) is 19.4 Å². The third-order valence-electron chi connectivity index (χ3n) is 9.11. The molecule has 0 spiro atoms. The second-order valence-corrected chi connectivity index (χ2v) is 16.8. The molecule has 0 aromatic heterocycles. The molecule has 0 aromatic rings. The fourth-order valence-electron chi connectivity index (χ4n) is 5.83. The molecule has 1 unspecified atom stereocenters. The number of allylic oxidation sites excluding steroid dienone is 1. The highest BCUT2D eigenvalue weighted by Crippen LogP contribution is 2.36. The van der Waals surface area contributed by atoms with Crippen LogP contribution in [0.25, 0.3) is 0 Å². The number of quaternary nitrogens is 1.